The Bertz CT molecular complexity index is 922. The Hall–Kier alpha value is -2.50. The molecule has 0 spiro atoms. The molecule has 2 aliphatic heterocycles. The number of rotatable bonds is 10. The van der Waals surface area contributed by atoms with Crippen molar-refractivity contribution in [2.24, 2.45) is 0 Å². The number of carbonyl (C=O) groups excluding carboxylic acids is 4. The number of nitrogens with one attached hydrogen (secondary N) is 2. The van der Waals surface area contributed by atoms with Gasteiger partial charge in [-0.15, -0.1) is 6.58 Å². The lowest BCUT2D eigenvalue weighted by Gasteiger charge is -2.29. The van der Waals surface area contributed by atoms with Gasteiger partial charge in [0.1, 0.15) is 18.3 Å². The number of carbonyl (C=O) groups is 4. The predicted molar refractivity (Wildman–Crippen MR) is 122 cm³/mol. The number of likely N-dealkylation sites (tertiary alicyclic amines) is 2. The predicted octanol–water partition coefficient (Wildman–Crippen LogP) is 0.387. The Morgan fingerprint density at radius 1 is 1.03 bits per heavy atom. The highest BCUT2D eigenvalue weighted by Gasteiger charge is 2.39. The van der Waals surface area contributed by atoms with E-state index < -0.39 is 45.3 Å². The third kappa shape index (κ3) is 6.77. The second-order valence-electron chi connectivity index (χ2n) is 9.12. The minimum absolute atomic E-state index is 0.0261. The first kappa shape index (κ1) is 26.1. The SMILES string of the molecule is C=CC[C@@H](NC(=O)[C@@H]1CCCN1C(=O)CCC(=O)N1CCCC(F)C1)C(=O)NS(=O)(=O)C1CC1. The summed E-state index contributed by atoms with van der Waals surface area (Å²) in [5, 5.41) is 1.97. The van der Waals surface area contributed by atoms with Crippen LogP contribution < -0.4 is 10.0 Å². The van der Waals surface area contributed by atoms with Crippen molar-refractivity contribution in [1.29, 1.82) is 0 Å². The lowest BCUT2D eigenvalue weighted by atomic mass is 10.1. The number of hydrogen-bond donors (Lipinski definition) is 2. The van der Waals surface area contributed by atoms with Crippen LogP contribution in [0.25, 0.3) is 0 Å². The summed E-state index contributed by atoms with van der Waals surface area (Å²) < 4.78 is 39.7. The Morgan fingerprint density at radius 2 is 1.71 bits per heavy atom. The summed E-state index contributed by atoms with van der Waals surface area (Å²) in [5.74, 6) is -2.04. The van der Waals surface area contributed by atoms with Crippen molar-refractivity contribution in [3.8, 4) is 0 Å². The van der Waals surface area contributed by atoms with E-state index in [1.807, 2.05) is 4.72 Å². The number of sulfonamides is 1. The standard InChI is InChI=1S/C22H33FN4O6S/c1-2-5-17(21(30)25-34(32,33)16-8-9-16)24-22(31)18-7-4-13-27(18)20(29)11-10-19(28)26-12-3-6-15(23)14-26/h2,15-18H,1,3-14H2,(H,24,31)(H,25,30)/t15?,17-,18+/m1/s1. The number of alkyl halides is 1. The van der Waals surface area contributed by atoms with Crippen molar-refractivity contribution in [2.75, 3.05) is 19.6 Å². The molecular formula is C22H33FN4O6S. The number of nitrogens with zero attached hydrogens (tertiary/aromatic N) is 2. The number of halogens is 1. The quantitative estimate of drug-likeness (QED) is 0.417. The molecule has 0 radical (unpaired) electrons. The second kappa shape index (κ2) is 11.3. The first-order valence-electron chi connectivity index (χ1n) is 11.8. The van der Waals surface area contributed by atoms with Gasteiger partial charge in [-0.3, -0.25) is 23.9 Å². The maximum atomic E-state index is 13.5. The van der Waals surface area contributed by atoms with E-state index in [2.05, 4.69) is 11.9 Å². The van der Waals surface area contributed by atoms with Crippen molar-refractivity contribution in [2.45, 2.75) is 81.3 Å². The molecule has 0 aromatic heterocycles. The molecule has 3 atom stereocenters. The van der Waals surface area contributed by atoms with E-state index in [1.165, 1.54) is 15.9 Å². The van der Waals surface area contributed by atoms with Crippen molar-refractivity contribution in [3.05, 3.63) is 12.7 Å². The van der Waals surface area contributed by atoms with Crippen molar-refractivity contribution in [1.82, 2.24) is 19.8 Å². The van der Waals surface area contributed by atoms with E-state index in [1.54, 1.807) is 0 Å². The van der Waals surface area contributed by atoms with Crippen LogP contribution in [0, 0.1) is 0 Å². The molecule has 0 aromatic carbocycles. The van der Waals surface area contributed by atoms with Crippen LogP contribution in [0.2, 0.25) is 0 Å². The summed E-state index contributed by atoms with van der Waals surface area (Å²) >= 11 is 0. The fourth-order valence-corrected chi connectivity index (χ4v) is 5.69. The van der Waals surface area contributed by atoms with Crippen LogP contribution in [-0.2, 0) is 29.2 Å². The maximum absolute atomic E-state index is 13.5. The van der Waals surface area contributed by atoms with Gasteiger partial charge in [-0.2, -0.15) is 0 Å². The van der Waals surface area contributed by atoms with Gasteiger partial charge >= 0.3 is 0 Å². The highest BCUT2D eigenvalue weighted by atomic mass is 32.2. The van der Waals surface area contributed by atoms with E-state index in [0.717, 1.165) is 0 Å². The lowest BCUT2D eigenvalue weighted by Crippen LogP contribution is -2.54. The van der Waals surface area contributed by atoms with Crippen molar-refractivity contribution >= 4 is 33.7 Å². The van der Waals surface area contributed by atoms with E-state index >= 15 is 0 Å². The molecule has 3 rings (SSSR count). The van der Waals surface area contributed by atoms with Crippen LogP contribution in [-0.4, -0.2) is 85.0 Å². The molecule has 3 fully saturated rings. The molecule has 2 heterocycles. The van der Waals surface area contributed by atoms with E-state index in [4.69, 9.17) is 0 Å². The zero-order chi connectivity index (χ0) is 24.9. The lowest BCUT2D eigenvalue weighted by molar-refractivity contribution is -0.141. The van der Waals surface area contributed by atoms with E-state index in [0.29, 0.717) is 51.6 Å². The second-order valence-corrected chi connectivity index (χ2v) is 11.1. The van der Waals surface area contributed by atoms with Crippen molar-refractivity contribution < 1.29 is 32.0 Å². The van der Waals surface area contributed by atoms with Gasteiger partial charge in [-0.05, 0) is 44.9 Å². The first-order valence-corrected chi connectivity index (χ1v) is 13.3. The van der Waals surface area contributed by atoms with Gasteiger partial charge < -0.3 is 15.1 Å². The van der Waals surface area contributed by atoms with Crippen LogP contribution in [0.3, 0.4) is 0 Å². The van der Waals surface area contributed by atoms with E-state index in [9.17, 15) is 32.0 Å². The Labute approximate surface area is 199 Å². The molecule has 2 N–H and O–H groups in total. The highest BCUT2D eigenvalue weighted by molar-refractivity contribution is 7.90. The van der Waals surface area contributed by atoms with Crippen molar-refractivity contribution in [3.63, 3.8) is 0 Å². The van der Waals surface area contributed by atoms with Crippen LogP contribution in [0.4, 0.5) is 4.39 Å². The fraction of sp³-hybridized carbons (Fsp3) is 0.727. The van der Waals surface area contributed by atoms with Gasteiger partial charge in [0.05, 0.1) is 11.8 Å². The minimum atomic E-state index is -3.77. The van der Waals surface area contributed by atoms with Gasteiger partial charge in [0, 0.05) is 25.9 Å². The van der Waals surface area contributed by atoms with Crippen LogP contribution in [0.1, 0.15) is 57.8 Å². The van der Waals surface area contributed by atoms with Gasteiger partial charge in [0.15, 0.2) is 0 Å². The molecule has 1 unspecified atom stereocenters. The fourth-order valence-electron chi connectivity index (χ4n) is 4.34. The Kier molecular flexibility index (Phi) is 8.67. The van der Waals surface area contributed by atoms with Gasteiger partial charge in [0.2, 0.25) is 27.7 Å². The summed E-state index contributed by atoms with van der Waals surface area (Å²) in [6.45, 7) is 4.42. The molecule has 4 amide bonds. The number of hydrogen-bond acceptors (Lipinski definition) is 6. The molecule has 10 nitrogen and oxygen atoms in total. The first-order chi connectivity index (χ1) is 16.1. The van der Waals surface area contributed by atoms with Gasteiger partial charge in [-0.25, -0.2) is 12.8 Å². The molecule has 1 saturated carbocycles. The maximum Gasteiger partial charge on any atom is 0.256 e. The molecule has 3 aliphatic rings. The minimum Gasteiger partial charge on any atom is -0.342 e. The van der Waals surface area contributed by atoms with Crippen LogP contribution in [0.5, 0.6) is 0 Å². The number of amides is 4. The normalized spacial score (nSPS) is 23.8. The molecule has 34 heavy (non-hydrogen) atoms. The molecule has 12 heteroatoms. The summed E-state index contributed by atoms with van der Waals surface area (Å²) in [6.07, 6.45) is 3.23. The Morgan fingerprint density at radius 3 is 2.35 bits per heavy atom. The summed E-state index contributed by atoms with van der Waals surface area (Å²) in [5.41, 5.74) is 0. The monoisotopic (exact) mass is 500 g/mol. The van der Waals surface area contributed by atoms with Gasteiger partial charge in [0.25, 0.3) is 5.91 Å². The van der Waals surface area contributed by atoms with Gasteiger partial charge in [-0.1, -0.05) is 6.08 Å². The molecular weight excluding hydrogens is 467 g/mol. The van der Waals surface area contributed by atoms with E-state index in [-0.39, 0.29) is 37.6 Å². The molecule has 2 saturated heterocycles. The summed E-state index contributed by atoms with van der Waals surface area (Å²) in [6, 6.07) is -1.95. The molecule has 0 bridgehead atoms. The third-order valence-corrected chi connectivity index (χ3v) is 8.22. The Balaban J connectivity index is 1.54. The molecule has 1 aliphatic carbocycles. The average Bonchev–Trinajstić information content (AvgIpc) is 3.54. The average molecular weight is 501 g/mol. The van der Waals surface area contributed by atoms with Crippen LogP contribution in [0.15, 0.2) is 12.7 Å². The third-order valence-electron chi connectivity index (χ3n) is 6.39. The highest BCUT2D eigenvalue weighted by Crippen LogP contribution is 2.27. The summed E-state index contributed by atoms with van der Waals surface area (Å²) in [4.78, 5) is 53.3. The largest absolute Gasteiger partial charge is 0.342 e. The smallest absolute Gasteiger partial charge is 0.256 e. The summed E-state index contributed by atoms with van der Waals surface area (Å²) in [7, 11) is -3.77. The molecule has 190 valence electrons. The zero-order valence-corrected chi connectivity index (χ0v) is 20.0. The topological polar surface area (TPSA) is 133 Å². The zero-order valence-electron chi connectivity index (χ0n) is 19.2. The molecule has 0 aromatic rings. The number of piperidine rings is 1. The van der Waals surface area contributed by atoms with Crippen LogP contribution >= 0.6 is 0 Å².